The number of hydrogen-bond acceptors (Lipinski definition) is 2. The normalized spacial score (nSPS) is 11.9. The van der Waals surface area contributed by atoms with Crippen molar-refractivity contribution in [2.75, 3.05) is 0 Å². The Morgan fingerprint density at radius 2 is 2.55 bits per heavy atom. The van der Waals surface area contributed by atoms with Gasteiger partial charge in [0.2, 0.25) is 0 Å². The fourth-order valence-electron chi connectivity index (χ4n) is 0.694. The monoisotopic (exact) mass is 152 g/mol. The summed E-state index contributed by atoms with van der Waals surface area (Å²) >= 11 is 0. The first-order valence-corrected chi connectivity index (χ1v) is 3.64. The molecule has 0 saturated heterocycles. The molecule has 11 heavy (non-hydrogen) atoms. The number of hydrogen-bond donors (Lipinski definition) is 1. The Bertz CT molecular complexity index is 226. The lowest BCUT2D eigenvalue weighted by Crippen LogP contribution is -2.09. The van der Waals surface area contributed by atoms with Gasteiger partial charge in [-0.25, -0.2) is 0 Å². The molecule has 1 aromatic rings. The zero-order valence-electron chi connectivity index (χ0n) is 6.58. The average molecular weight is 152 g/mol. The van der Waals surface area contributed by atoms with Crippen LogP contribution in [0, 0.1) is 0 Å². The molecule has 0 unspecified atom stereocenters. The van der Waals surface area contributed by atoms with Crippen molar-refractivity contribution in [2.24, 2.45) is 10.7 Å². The van der Waals surface area contributed by atoms with Gasteiger partial charge in [0.1, 0.15) is 5.76 Å². The Morgan fingerprint density at radius 1 is 1.73 bits per heavy atom. The van der Waals surface area contributed by atoms with E-state index in [1.807, 2.05) is 19.1 Å². The maximum atomic E-state index is 5.50. The van der Waals surface area contributed by atoms with E-state index in [1.165, 1.54) is 0 Å². The van der Waals surface area contributed by atoms with Gasteiger partial charge in [0, 0.05) is 6.42 Å². The molecule has 1 heterocycles. The van der Waals surface area contributed by atoms with Gasteiger partial charge in [0.05, 0.1) is 18.6 Å². The Balaban J connectivity index is 2.45. The van der Waals surface area contributed by atoms with E-state index < -0.39 is 0 Å². The van der Waals surface area contributed by atoms with Crippen LogP contribution in [0.2, 0.25) is 0 Å². The minimum Gasteiger partial charge on any atom is -0.467 e. The smallest absolute Gasteiger partial charge is 0.125 e. The largest absolute Gasteiger partial charge is 0.467 e. The van der Waals surface area contributed by atoms with Crippen LogP contribution in [0.4, 0.5) is 0 Å². The van der Waals surface area contributed by atoms with E-state index in [4.69, 9.17) is 10.2 Å². The van der Waals surface area contributed by atoms with Crippen LogP contribution < -0.4 is 5.73 Å². The molecule has 0 fully saturated rings. The summed E-state index contributed by atoms with van der Waals surface area (Å²) in [6.07, 6.45) is 2.42. The molecule has 2 N–H and O–H groups in total. The van der Waals surface area contributed by atoms with E-state index in [1.54, 1.807) is 6.26 Å². The van der Waals surface area contributed by atoms with Crippen molar-refractivity contribution in [3.05, 3.63) is 24.2 Å². The molecule has 1 aromatic heterocycles. The summed E-state index contributed by atoms with van der Waals surface area (Å²) in [7, 11) is 0. The molecule has 0 amide bonds. The molecular formula is C8H12N2O. The molecule has 60 valence electrons. The number of rotatable bonds is 3. The number of aliphatic imine (C=N–C) groups is 1. The van der Waals surface area contributed by atoms with Gasteiger partial charge in [-0.05, 0) is 12.1 Å². The summed E-state index contributed by atoms with van der Waals surface area (Å²) in [5.74, 6) is 1.52. The van der Waals surface area contributed by atoms with Crippen molar-refractivity contribution in [1.82, 2.24) is 0 Å². The average Bonchev–Trinajstić information content (AvgIpc) is 2.52. The van der Waals surface area contributed by atoms with Crippen LogP contribution in [-0.2, 0) is 6.54 Å². The lowest BCUT2D eigenvalue weighted by Gasteiger charge is -1.93. The highest BCUT2D eigenvalue weighted by Gasteiger charge is 1.92. The topological polar surface area (TPSA) is 51.5 Å². The number of nitrogens with zero attached hydrogens (tertiary/aromatic N) is 1. The number of nitrogens with two attached hydrogens (primary N) is 1. The summed E-state index contributed by atoms with van der Waals surface area (Å²) in [4.78, 5) is 4.09. The van der Waals surface area contributed by atoms with Crippen LogP contribution in [0.3, 0.4) is 0 Å². The van der Waals surface area contributed by atoms with Crippen molar-refractivity contribution >= 4 is 5.84 Å². The maximum Gasteiger partial charge on any atom is 0.125 e. The quantitative estimate of drug-likeness (QED) is 0.527. The Morgan fingerprint density at radius 3 is 3.09 bits per heavy atom. The summed E-state index contributed by atoms with van der Waals surface area (Å²) in [6.45, 7) is 2.52. The Labute approximate surface area is 65.9 Å². The summed E-state index contributed by atoms with van der Waals surface area (Å²) < 4.78 is 5.07. The van der Waals surface area contributed by atoms with E-state index >= 15 is 0 Å². The second kappa shape index (κ2) is 3.81. The summed E-state index contributed by atoms with van der Waals surface area (Å²) in [6, 6.07) is 3.72. The third kappa shape index (κ3) is 2.45. The van der Waals surface area contributed by atoms with Crippen LogP contribution in [0.15, 0.2) is 27.8 Å². The standard InChI is InChI=1S/C8H12N2O/c1-2-8(9)10-6-7-4-3-5-11-7/h3-5H,2,6H2,1H3,(H2,9,10). The van der Waals surface area contributed by atoms with Gasteiger partial charge >= 0.3 is 0 Å². The molecule has 0 aromatic carbocycles. The van der Waals surface area contributed by atoms with Gasteiger partial charge in [0.15, 0.2) is 0 Å². The fraction of sp³-hybridized carbons (Fsp3) is 0.375. The highest BCUT2D eigenvalue weighted by molar-refractivity contribution is 5.79. The Kier molecular flexibility index (Phi) is 2.72. The van der Waals surface area contributed by atoms with Crippen LogP contribution in [0.1, 0.15) is 19.1 Å². The summed E-state index contributed by atoms with van der Waals surface area (Å²) in [5.41, 5.74) is 5.50. The molecule has 0 saturated carbocycles. The zero-order valence-corrected chi connectivity index (χ0v) is 6.58. The molecule has 0 atom stereocenters. The van der Waals surface area contributed by atoms with E-state index in [0.29, 0.717) is 12.4 Å². The minimum absolute atomic E-state index is 0.548. The molecule has 3 heteroatoms. The van der Waals surface area contributed by atoms with Crippen molar-refractivity contribution in [1.29, 1.82) is 0 Å². The van der Waals surface area contributed by atoms with Crippen molar-refractivity contribution < 1.29 is 4.42 Å². The number of amidine groups is 1. The first-order valence-electron chi connectivity index (χ1n) is 3.64. The highest BCUT2D eigenvalue weighted by Crippen LogP contribution is 2.01. The van der Waals surface area contributed by atoms with Crippen LogP contribution in [0.25, 0.3) is 0 Å². The molecule has 0 aliphatic heterocycles. The number of furan rings is 1. The lowest BCUT2D eigenvalue weighted by atomic mass is 10.4. The predicted molar refractivity (Wildman–Crippen MR) is 44.3 cm³/mol. The summed E-state index contributed by atoms with van der Waals surface area (Å²) in [5, 5.41) is 0. The maximum absolute atomic E-state index is 5.50. The minimum atomic E-state index is 0.548. The molecule has 0 radical (unpaired) electrons. The van der Waals surface area contributed by atoms with E-state index in [-0.39, 0.29) is 0 Å². The third-order valence-corrected chi connectivity index (χ3v) is 1.38. The molecule has 1 rings (SSSR count). The lowest BCUT2D eigenvalue weighted by molar-refractivity contribution is 0.512. The highest BCUT2D eigenvalue weighted by atomic mass is 16.3. The van der Waals surface area contributed by atoms with Crippen molar-refractivity contribution in [3.63, 3.8) is 0 Å². The van der Waals surface area contributed by atoms with Crippen LogP contribution in [0.5, 0.6) is 0 Å². The molecule has 0 aliphatic rings. The van der Waals surface area contributed by atoms with Crippen LogP contribution in [-0.4, -0.2) is 5.84 Å². The van der Waals surface area contributed by atoms with E-state index in [0.717, 1.165) is 12.2 Å². The molecule has 0 spiro atoms. The van der Waals surface area contributed by atoms with E-state index in [2.05, 4.69) is 4.99 Å². The first-order chi connectivity index (χ1) is 5.33. The third-order valence-electron chi connectivity index (χ3n) is 1.38. The zero-order chi connectivity index (χ0) is 8.10. The second-order valence-corrected chi connectivity index (χ2v) is 2.24. The van der Waals surface area contributed by atoms with Crippen LogP contribution >= 0.6 is 0 Å². The van der Waals surface area contributed by atoms with Gasteiger partial charge in [-0.3, -0.25) is 4.99 Å². The fourth-order valence-corrected chi connectivity index (χ4v) is 0.694. The van der Waals surface area contributed by atoms with Gasteiger partial charge in [0.25, 0.3) is 0 Å². The second-order valence-electron chi connectivity index (χ2n) is 2.24. The van der Waals surface area contributed by atoms with Gasteiger partial charge in [-0.1, -0.05) is 6.92 Å². The first kappa shape index (κ1) is 7.85. The SMILES string of the molecule is CCC(N)=NCc1ccco1. The molecule has 3 nitrogen and oxygen atoms in total. The van der Waals surface area contributed by atoms with E-state index in [9.17, 15) is 0 Å². The molecular weight excluding hydrogens is 140 g/mol. The van der Waals surface area contributed by atoms with Crippen molar-refractivity contribution in [2.45, 2.75) is 19.9 Å². The predicted octanol–water partition coefficient (Wildman–Crippen LogP) is 1.55. The van der Waals surface area contributed by atoms with Gasteiger partial charge in [-0.2, -0.15) is 0 Å². The molecule has 0 aliphatic carbocycles. The molecule has 0 bridgehead atoms. The van der Waals surface area contributed by atoms with Gasteiger partial charge < -0.3 is 10.2 Å². The van der Waals surface area contributed by atoms with Gasteiger partial charge in [-0.15, -0.1) is 0 Å². The van der Waals surface area contributed by atoms with Crippen molar-refractivity contribution in [3.8, 4) is 0 Å². The Hall–Kier alpha value is -1.25.